The Kier molecular flexibility index (Phi) is 3.37. The van der Waals surface area contributed by atoms with E-state index in [1.807, 2.05) is 6.07 Å². The zero-order valence-electron chi connectivity index (χ0n) is 11.5. The van der Waals surface area contributed by atoms with E-state index in [4.69, 9.17) is 0 Å². The van der Waals surface area contributed by atoms with Crippen LogP contribution in [-0.2, 0) is 6.42 Å². The van der Waals surface area contributed by atoms with Crippen LogP contribution in [0.4, 0.5) is 11.4 Å². The van der Waals surface area contributed by atoms with Crippen LogP contribution in [0.25, 0.3) is 0 Å². The van der Waals surface area contributed by atoms with Crippen LogP contribution < -0.4 is 10.2 Å². The van der Waals surface area contributed by atoms with Crippen LogP contribution in [0, 0.1) is 0 Å². The molecule has 20 heavy (non-hydrogen) atoms. The third kappa shape index (κ3) is 2.50. The first-order valence-corrected chi connectivity index (χ1v) is 6.79. The first-order valence-electron chi connectivity index (χ1n) is 6.79. The lowest BCUT2D eigenvalue weighted by atomic mass is 10.0. The second kappa shape index (κ2) is 5.33. The number of benzene rings is 1. The number of hydrogen-bond donors (Lipinski definition) is 1. The highest BCUT2D eigenvalue weighted by Gasteiger charge is 2.14. The summed E-state index contributed by atoms with van der Waals surface area (Å²) < 4.78 is 0. The monoisotopic (exact) mass is 267 g/mol. The maximum absolute atomic E-state index is 12.1. The Morgan fingerprint density at radius 3 is 2.85 bits per heavy atom. The number of carbonyl (C=O) groups is 1. The third-order valence-electron chi connectivity index (χ3n) is 3.63. The van der Waals surface area contributed by atoms with Crippen LogP contribution in [-0.4, -0.2) is 24.5 Å². The van der Waals surface area contributed by atoms with Gasteiger partial charge in [0.05, 0.1) is 0 Å². The zero-order chi connectivity index (χ0) is 13.9. The summed E-state index contributed by atoms with van der Waals surface area (Å²) >= 11 is 0. The number of rotatable bonds is 2. The van der Waals surface area contributed by atoms with Crippen molar-refractivity contribution in [3.63, 3.8) is 0 Å². The van der Waals surface area contributed by atoms with E-state index in [0.29, 0.717) is 5.56 Å². The van der Waals surface area contributed by atoms with Crippen molar-refractivity contribution in [3.8, 4) is 0 Å². The number of hydrogen-bond acceptors (Lipinski definition) is 3. The molecule has 0 fully saturated rings. The Bertz CT molecular complexity index is 625. The van der Waals surface area contributed by atoms with Gasteiger partial charge in [0.2, 0.25) is 0 Å². The van der Waals surface area contributed by atoms with Crippen molar-refractivity contribution in [2.45, 2.75) is 12.8 Å². The van der Waals surface area contributed by atoms with Gasteiger partial charge in [-0.1, -0.05) is 0 Å². The molecule has 3 rings (SSSR count). The molecule has 0 saturated carbocycles. The molecule has 1 aliphatic rings. The van der Waals surface area contributed by atoms with Gasteiger partial charge in [0.25, 0.3) is 5.91 Å². The summed E-state index contributed by atoms with van der Waals surface area (Å²) in [7, 11) is 2.10. The molecule has 4 heteroatoms. The second-order valence-corrected chi connectivity index (χ2v) is 5.06. The maximum Gasteiger partial charge on any atom is 0.255 e. The Labute approximate surface area is 118 Å². The van der Waals surface area contributed by atoms with Gasteiger partial charge in [-0.15, -0.1) is 0 Å². The summed E-state index contributed by atoms with van der Waals surface area (Å²) in [6.07, 6.45) is 5.47. The predicted molar refractivity (Wildman–Crippen MR) is 80.2 cm³/mol. The molecular weight excluding hydrogens is 250 g/mol. The zero-order valence-corrected chi connectivity index (χ0v) is 11.5. The highest BCUT2D eigenvalue weighted by molar-refractivity contribution is 6.04. The molecule has 0 atom stereocenters. The fourth-order valence-electron chi connectivity index (χ4n) is 2.57. The topological polar surface area (TPSA) is 45.2 Å². The SMILES string of the molecule is CN1CCCc2cc(NC(=O)c3ccncc3)ccc21. The molecule has 0 bridgehead atoms. The van der Waals surface area contributed by atoms with Crippen LogP contribution in [0.15, 0.2) is 42.7 Å². The van der Waals surface area contributed by atoms with E-state index in [9.17, 15) is 4.79 Å². The van der Waals surface area contributed by atoms with Gasteiger partial charge in [0.1, 0.15) is 0 Å². The van der Waals surface area contributed by atoms with Crippen LogP contribution >= 0.6 is 0 Å². The number of nitrogens with zero attached hydrogens (tertiary/aromatic N) is 2. The fraction of sp³-hybridized carbons (Fsp3) is 0.250. The molecule has 1 aromatic carbocycles. The van der Waals surface area contributed by atoms with Gasteiger partial charge < -0.3 is 10.2 Å². The lowest BCUT2D eigenvalue weighted by Gasteiger charge is -2.27. The lowest BCUT2D eigenvalue weighted by Crippen LogP contribution is -2.24. The summed E-state index contributed by atoms with van der Waals surface area (Å²) in [5.41, 5.74) is 4.03. The van der Waals surface area contributed by atoms with Gasteiger partial charge in [-0.05, 0) is 48.7 Å². The Morgan fingerprint density at radius 2 is 2.05 bits per heavy atom. The molecule has 1 N–H and O–H groups in total. The Balaban J connectivity index is 1.80. The Hall–Kier alpha value is -2.36. The molecule has 0 unspecified atom stereocenters. The van der Waals surface area contributed by atoms with Crippen LogP contribution in [0.3, 0.4) is 0 Å². The first kappa shape index (κ1) is 12.7. The molecule has 1 amide bonds. The van der Waals surface area contributed by atoms with E-state index in [1.54, 1.807) is 24.5 Å². The van der Waals surface area contributed by atoms with E-state index >= 15 is 0 Å². The summed E-state index contributed by atoms with van der Waals surface area (Å²) in [5, 5.41) is 2.94. The average molecular weight is 267 g/mol. The summed E-state index contributed by atoms with van der Waals surface area (Å²) in [6, 6.07) is 9.53. The number of fused-ring (bicyclic) bond motifs is 1. The van der Waals surface area contributed by atoms with Crippen molar-refractivity contribution in [3.05, 3.63) is 53.9 Å². The number of aryl methyl sites for hydroxylation is 1. The normalized spacial score (nSPS) is 13.8. The fourth-order valence-corrected chi connectivity index (χ4v) is 2.57. The van der Waals surface area contributed by atoms with Gasteiger partial charge in [-0.25, -0.2) is 0 Å². The minimum Gasteiger partial charge on any atom is -0.374 e. The van der Waals surface area contributed by atoms with Crippen molar-refractivity contribution in [2.24, 2.45) is 0 Å². The average Bonchev–Trinajstić information content (AvgIpc) is 2.48. The highest BCUT2D eigenvalue weighted by Crippen LogP contribution is 2.28. The number of pyridine rings is 1. The van der Waals surface area contributed by atoms with E-state index in [1.165, 1.54) is 11.3 Å². The molecule has 0 aliphatic carbocycles. The molecule has 2 aromatic rings. The first-order chi connectivity index (χ1) is 9.74. The summed E-state index contributed by atoms with van der Waals surface area (Å²) in [4.78, 5) is 18.3. The minimum absolute atomic E-state index is 0.100. The number of nitrogens with one attached hydrogen (secondary N) is 1. The third-order valence-corrected chi connectivity index (χ3v) is 3.63. The molecule has 1 aromatic heterocycles. The van der Waals surface area contributed by atoms with E-state index in [-0.39, 0.29) is 5.91 Å². The molecule has 4 nitrogen and oxygen atoms in total. The van der Waals surface area contributed by atoms with Crippen molar-refractivity contribution in [1.29, 1.82) is 0 Å². The lowest BCUT2D eigenvalue weighted by molar-refractivity contribution is 0.102. The number of anilines is 2. The van der Waals surface area contributed by atoms with Crippen LogP contribution in [0.1, 0.15) is 22.3 Å². The van der Waals surface area contributed by atoms with Crippen molar-refractivity contribution < 1.29 is 4.79 Å². The molecular formula is C16H17N3O. The van der Waals surface area contributed by atoms with Gasteiger partial charge in [0.15, 0.2) is 0 Å². The van der Waals surface area contributed by atoms with Gasteiger partial charge in [-0.2, -0.15) is 0 Å². The van der Waals surface area contributed by atoms with Crippen molar-refractivity contribution >= 4 is 17.3 Å². The summed E-state index contributed by atoms with van der Waals surface area (Å²) in [6.45, 7) is 1.09. The van der Waals surface area contributed by atoms with E-state index in [2.05, 4.69) is 34.4 Å². The van der Waals surface area contributed by atoms with Gasteiger partial charge >= 0.3 is 0 Å². The summed E-state index contributed by atoms with van der Waals surface area (Å²) in [5.74, 6) is -0.100. The molecule has 0 radical (unpaired) electrons. The predicted octanol–water partition coefficient (Wildman–Crippen LogP) is 2.72. The smallest absolute Gasteiger partial charge is 0.255 e. The molecule has 2 heterocycles. The van der Waals surface area contributed by atoms with Crippen LogP contribution in [0.5, 0.6) is 0 Å². The largest absolute Gasteiger partial charge is 0.374 e. The molecule has 0 saturated heterocycles. The molecule has 102 valence electrons. The quantitative estimate of drug-likeness (QED) is 0.910. The van der Waals surface area contributed by atoms with Crippen LogP contribution in [0.2, 0.25) is 0 Å². The van der Waals surface area contributed by atoms with Crippen molar-refractivity contribution in [2.75, 3.05) is 23.8 Å². The number of carbonyl (C=O) groups excluding carboxylic acids is 1. The number of amides is 1. The second-order valence-electron chi connectivity index (χ2n) is 5.06. The molecule has 1 aliphatic heterocycles. The standard InChI is InChI=1S/C16H17N3O/c1-19-10-2-3-13-11-14(4-5-15(13)19)18-16(20)12-6-8-17-9-7-12/h4-9,11H,2-3,10H2,1H3,(H,18,20). The van der Waals surface area contributed by atoms with Gasteiger partial charge in [0, 0.05) is 42.9 Å². The Morgan fingerprint density at radius 1 is 1.25 bits per heavy atom. The molecule has 0 spiro atoms. The van der Waals surface area contributed by atoms with E-state index < -0.39 is 0 Å². The highest BCUT2D eigenvalue weighted by atomic mass is 16.1. The minimum atomic E-state index is -0.100. The van der Waals surface area contributed by atoms with E-state index in [0.717, 1.165) is 25.1 Å². The maximum atomic E-state index is 12.1. The number of aromatic nitrogens is 1. The van der Waals surface area contributed by atoms with Crippen molar-refractivity contribution in [1.82, 2.24) is 4.98 Å². The van der Waals surface area contributed by atoms with Gasteiger partial charge in [-0.3, -0.25) is 9.78 Å².